The average Bonchev–Trinajstić information content (AvgIpc) is 2.55. The summed E-state index contributed by atoms with van der Waals surface area (Å²) in [7, 11) is 1.69. The van der Waals surface area contributed by atoms with Gasteiger partial charge in [-0.05, 0) is 29.8 Å². The number of anilines is 2. The maximum Gasteiger partial charge on any atom is 0.227 e. The first kappa shape index (κ1) is 16.7. The fourth-order valence-corrected chi connectivity index (χ4v) is 2.13. The number of hydrogen-bond acceptors (Lipinski definition) is 3. The van der Waals surface area contributed by atoms with Crippen LogP contribution in [0.1, 0.15) is 25.0 Å². The second kappa shape index (κ2) is 7.56. The summed E-state index contributed by atoms with van der Waals surface area (Å²) < 4.78 is 0. The van der Waals surface area contributed by atoms with Gasteiger partial charge >= 0.3 is 0 Å². The second-order valence-corrected chi connectivity index (χ2v) is 5.30. The van der Waals surface area contributed by atoms with Gasteiger partial charge in [0.1, 0.15) is 0 Å². The average molecular weight is 312 g/mol. The molecular formula is C18H20N2O3. The Morgan fingerprint density at radius 3 is 2.26 bits per heavy atom. The first-order chi connectivity index (χ1) is 11.0. The lowest BCUT2D eigenvalue weighted by atomic mass is 10.1. The number of rotatable bonds is 5. The van der Waals surface area contributed by atoms with Gasteiger partial charge in [-0.2, -0.15) is 0 Å². The molecule has 2 N–H and O–H groups in total. The summed E-state index contributed by atoms with van der Waals surface area (Å²) in [6, 6.07) is 16.0. The molecule has 0 aliphatic rings. The van der Waals surface area contributed by atoms with Crippen LogP contribution in [-0.2, 0) is 9.59 Å². The zero-order valence-electron chi connectivity index (χ0n) is 13.2. The Morgan fingerprint density at radius 2 is 1.70 bits per heavy atom. The lowest BCUT2D eigenvalue weighted by molar-refractivity contribution is -0.118. The number of carbonyl (C=O) groups is 2. The van der Waals surface area contributed by atoms with Gasteiger partial charge in [0.15, 0.2) is 0 Å². The summed E-state index contributed by atoms with van der Waals surface area (Å²) in [4.78, 5) is 24.8. The molecule has 0 bridgehead atoms. The Kier molecular flexibility index (Phi) is 5.49. The molecule has 23 heavy (non-hydrogen) atoms. The molecule has 0 saturated carbocycles. The minimum atomic E-state index is -0.834. The van der Waals surface area contributed by atoms with Crippen LogP contribution in [0.25, 0.3) is 0 Å². The molecule has 0 aliphatic carbocycles. The van der Waals surface area contributed by atoms with Crippen molar-refractivity contribution in [2.45, 2.75) is 19.4 Å². The van der Waals surface area contributed by atoms with Crippen molar-refractivity contribution >= 4 is 23.2 Å². The lowest BCUT2D eigenvalue weighted by Gasteiger charge is -2.15. The molecule has 0 aromatic heterocycles. The summed E-state index contributed by atoms with van der Waals surface area (Å²) in [5.41, 5.74) is 2.08. The van der Waals surface area contributed by atoms with Gasteiger partial charge in [-0.25, -0.2) is 0 Å². The molecule has 0 radical (unpaired) electrons. The third-order valence-corrected chi connectivity index (χ3v) is 3.57. The van der Waals surface area contributed by atoms with Crippen molar-refractivity contribution in [1.29, 1.82) is 0 Å². The molecule has 1 atom stereocenters. The van der Waals surface area contributed by atoms with Crippen molar-refractivity contribution in [3.63, 3.8) is 0 Å². The second-order valence-electron chi connectivity index (χ2n) is 5.30. The summed E-state index contributed by atoms with van der Waals surface area (Å²) in [5, 5.41) is 12.8. The molecule has 1 unspecified atom stereocenters. The van der Waals surface area contributed by atoms with E-state index in [-0.39, 0.29) is 18.2 Å². The highest BCUT2D eigenvalue weighted by Crippen LogP contribution is 2.19. The molecule has 0 spiro atoms. The van der Waals surface area contributed by atoms with Crippen LogP contribution in [0, 0.1) is 0 Å². The van der Waals surface area contributed by atoms with E-state index in [1.807, 2.05) is 18.2 Å². The highest BCUT2D eigenvalue weighted by atomic mass is 16.3. The van der Waals surface area contributed by atoms with Crippen LogP contribution in [-0.4, -0.2) is 24.0 Å². The molecule has 0 saturated heterocycles. The van der Waals surface area contributed by atoms with Gasteiger partial charge in [0.25, 0.3) is 0 Å². The SMILES string of the molecule is CC(=O)N(C)c1ccc(NC(=O)CC(O)c2ccccc2)cc1. The molecule has 5 heteroatoms. The molecule has 120 valence electrons. The van der Waals surface area contributed by atoms with Gasteiger partial charge in [-0.3, -0.25) is 9.59 Å². The molecule has 2 aromatic carbocycles. The maximum atomic E-state index is 12.0. The van der Waals surface area contributed by atoms with E-state index in [1.54, 1.807) is 43.4 Å². The first-order valence-electron chi connectivity index (χ1n) is 7.34. The molecule has 0 aliphatic heterocycles. The third kappa shape index (κ3) is 4.66. The van der Waals surface area contributed by atoms with E-state index in [9.17, 15) is 14.7 Å². The van der Waals surface area contributed by atoms with Gasteiger partial charge in [-0.15, -0.1) is 0 Å². The van der Waals surface area contributed by atoms with Crippen LogP contribution in [0.2, 0.25) is 0 Å². The maximum absolute atomic E-state index is 12.0. The van der Waals surface area contributed by atoms with Gasteiger partial charge in [0, 0.05) is 25.3 Å². The number of aliphatic hydroxyl groups excluding tert-OH is 1. The number of nitrogens with zero attached hydrogens (tertiary/aromatic N) is 1. The Labute approximate surface area is 135 Å². The number of aliphatic hydroxyl groups is 1. The Morgan fingerprint density at radius 1 is 1.09 bits per heavy atom. The summed E-state index contributed by atoms with van der Waals surface area (Å²) in [6.45, 7) is 1.49. The summed E-state index contributed by atoms with van der Waals surface area (Å²) >= 11 is 0. The van der Waals surface area contributed by atoms with E-state index < -0.39 is 6.10 Å². The highest BCUT2D eigenvalue weighted by molar-refractivity contribution is 5.93. The highest BCUT2D eigenvalue weighted by Gasteiger charge is 2.13. The Balaban J connectivity index is 1.94. The monoisotopic (exact) mass is 312 g/mol. The predicted octanol–water partition coefficient (Wildman–Crippen LogP) is 2.73. The number of carbonyl (C=O) groups excluding carboxylic acids is 2. The molecule has 2 aromatic rings. The molecule has 0 heterocycles. The minimum Gasteiger partial charge on any atom is -0.388 e. The van der Waals surface area contributed by atoms with Crippen molar-refractivity contribution in [2.24, 2.45) is 0 Å². The molecule has 5 nitrogen and oxygen atoms in total. The van der Waals surface area contributed by atoms with Crippen molar-refractivity contribution < 1.29 is 14.7 Å². The molecular weight excluding hydrogens is 292 g/mol. The zero-order valence-corrected chi connectivity index (χ0v) is 13.2. The van der Waals surface area contributed by atoms with E-state index in [2.05, 4.69) is 5.32 Å². The minimum absolute atomic E-state index is 0.0148. The fraction of sp³-hybridized carbons (Fsp3) is 0.222. The number of hydrogen-bond donors (Lipinski definition) is 2. The van der Waals surface area contributed by atoms with E-state index in [1.165, 1.54) is 11.8 Å². The van der Waals surface area contributed by atoms with Crippen LogP contribution < -0.4 is 10.2 Å². The van der Waals surface area contributed by atoms with Gasteiger partial charge < -0.3 is 15.3 Å². The third-order valence-electron chi connectivity index (χ3n) is 3.57. The number of nitrogens with one attached hydrogen (secondary N) is 1. The fourth-order valence-electron chi connectivity index (χ4n) is 2.13. The van der Waals surface area contributed by atoms with E-state index in [0.717, 1.165) is 5.69 Å². The number of amides is 2. The number of benzene rings is 2. The normalized spacial score (nSPS) is 11.6. The summed E-state index contributed by atoms with van der Waals surface area (Å²) in [6.07, 6.45) is -0.849. The lowest BCUT2D eigenvalue weighted by Crippen LogP contribution is -2.22. The van der Waals surface area contributed by atoms with Gasteiger partial charge in [0.2, 0.25) is 11.8 Å². The van der Waals surface area contributed by atoms with Crippen LogP contribution >= 0.6 is 0 Å². The van der Waals surface area contributed by atoms with Crippen LogP contribution in [0.5, 0.6) is 0 Å². The van der Waals surface area contributed by atoms with Gasteiger partial charge in [0.05, 0.1) is 12.5 Å². The van der Waals surface area contributed by atoms with Crippen molar-refractivity contribution in [3.8, 4) is 0 Å². The predicted molar refractivity (Wildman–Crippen MR) is 90.2 cm³/mol. The largest absolute Gasteiger partial charge is 0.388 e. The standard InChI is InChI=1S/C18H20N2O3/c1-13(21)20(2)16-10-8-15(9-11-16)19-18(23)12-17(22)14-6-4-3-5-7-14/h3-11,17,22H,12H2,1-2H3,(H,19,23). The Bertz CT molecular complexity index is 668. The van der Waals surface area contributed by atoms with Crippen molar-refractivity contribution in [3.05, 3.63) is 60.2 Å². The molecule has 2 amide bonds. The van der Waals surface area contributed by atoms with Crippen molar-refractivity contribution in [2.75, 3.05) is 17.3 Å². The van der Waals surface area contributed by atoms with E-state index in [4.69, 9.17) is 0 Å². The zero-order chi connectivity index (χ0) is 16.8. The quantitative estimate of drug-likeness (QED) is 0.892. The Hall–Kier alpha value is -2.66. The van der Waals surface area contributed by atoms with Crippen LogP contribution in [0.4, 0.5) is 11.4 Å². The van der Waals surface area contributed by atoms with Crippen molar-refractivity contribution in [1.82, 2.24) is 0 Å². The van der Waals surface area contributed by atoms with E-state index in [0.29, 0.717) is 11.3 Å². The van der Waals surface area contributed by atoms with Crippen LogP contribution in [0.15, 0.2) is 54.6 Å². The van der Waals surface area contributed by atoms with Crippen LogP contribution in [0.3, 0.4) is 0 Å². The summed E-state index contributed by atoms with van der Waals surface area (Å²) in [5.74, 6) is -0.332. The van der Waals surface area contributed by atoms with Gasteiger partial charge in [-0.1, -0.05) is 30.3 Å². The molecule has 2 rings (SSSR count). The molecule has 0 fully saturated rings. The van der Waals surface area contributed by atoms with E-state index >= 15 is 0 Å². The smallest absolute Gasteiger partial charge is 0.227 e. The topological polar surface area (TPSA) is 69.6 Å². The first-order valence-corrected chi connectivity index (χ1v) is 7.34.